The van der Waals surface area contributed by atoms with Crippen molar-refractivity contribution in [2.24, 2.45) is 0 Å². The van der Waals surface area contributed by atoms with Crippen LogP contribution in [0.2, 0.25) is 5.02 Å². The molecular formula is C21H23BrClN. The first kappa shape index (κ1) is 17.7. The summed E-state index contributed by atoms with van der Waals surface area (Å²) >= 11 is 6.64. The van der Waals surface area contributed by atoms with Crippen molar-refractivity contribution >= 4 is 17.3 Å². The van der Waals surface area contributed by atoms with Crippen LogP contribution in [0.25, 0.3) is 0 Å². The van der Waals surface area contributed by atoms with E-state index in [2.05, 4.69) is 53.1 Å². The molecule has 3 heteroatoms. The molecule has 0 bridgehead atoms. The summed E-state index contributed by atoms with van der Waals surface area (Å²) in [7, 11) is 0. The van der Waals surface area contributed by atoms with Gasteiger partial charge in [-0.15, -0.1) is 0 Å². The first-order valence-corrected chi connectivity index (χ1v) is 9.12. The molecular weight excluding hydrogens is 382 g/mol. The number of nitrogens with zero attached hydrogens (tertiary/aromatic N) is 1. The van der Waals surface area contributed by atoms with Gasteiger partial charge in [-0.1, -0.05) is 54.1 Å². The van der Waals surface area contributed by atoms with Crippen molar-refractivity contribution < 1.29 is 21.6 Å². The van der Waals surface area contributed by atoms with Crippen LogP contribution in [-0.4, -0.2) is 23.4 Å². The molecule has 0 spiro atoms. The third-order valence-corrected chi connectivity index (χ3v) is 5.67. The Bertz CT molecular complexity index is 731. The maximum atomic E-state index is 6.64. The standard InChI is InChI=1S/C21H23ClN.BrH/c22-19-10-6-9-17-11-12-20(23-13-4-5-14-23)18(21(17)19)15-16-7-2-1-3-8-16;/h1-3,6-10,18H,4-5,11-15H2;1H/q+1;/p-1. The Morgan fingerprint density at radius 3 is 2.42 bits per heavy atom. The summed E-state index contributed by atoms with van der Waals surface area (Å²) in [5, 5.41) is 0.944. The first-order valence-electron chi connectivity index (χ1n) is 8.75. The second-order valence-corrected chi connectivity index (χ2v) is 7.15. The molecule has 1 aliphatic carbocycles. The lowest BCUT2D eigenvalue weighted by Crippen LogP contribution is -3.00. The second kappa shape index (κ2) is 7.84. The van der Waals surface area contributed by atoms with Gasteiger partial charge in [0.1, 0.15) is 13.1 Å². The Hall–Kier alpha value is -1.12. The molecule has 0 amide bonds. The van der Waals surface area contributed by atoms with Crippen LogP contribution in [0.15, 0.2) is 48.5 Å². The monoisotopic (exact) mass is 403 g/mol. The van der Waals surface area contributed by atoms with E-state index < -0.39 is 0 Å². The fraction of sp³-hybridized carbons (Fsp3) is 0.381. The molecule has 24 heavy (non-hydrogen) atoms. The van der Waals surface area contributed by atoms with Crippen LogP contribution < -0.4 is 17.0 Å². The van der Waals surface area contributed by atoms with Gasteiger partial charge in [0.15, 0.2) is 5.71 Å². The molecule has 2 aliphatic rings. The molecule has 1 atom stereocenters. The molecule has 0 radical (unpaired) electrons. The summed E-state index contributed by atoms with van der Waals surface area (Å²) < 4.78 is 2.64. The fourth-order valence-electron chi connectivity index (χ4n) is 4.25. The number of fused-ring (bicyclic) bond motifs is 1. The third kappa shape index (κ3) is 3.45. The highest BCUT2D eigenvalue weighted by molar-refractivity contribution is 6.31. The maximum Gasteiger partial charge on any atom is 0.160 e. The van der Waals surface area contributed by atoms with E-state index in [0.29, 0.717) is 5.92 Å². The number of halogens is 2. The SMILES string of the molecule is Clc1cccc2c1C(Cc1ccccc1)C(=[N+]1CCCC1)CC2.[Br-]. The van der Waals surface area contributed by atoms with E-state index in [1.54, 1.807) is 5.71 Å². The summed E-state index contributed by atoms with van der Waals surface area (Å²) in [4.78, 5) is 0. The van der Waals surface area contributed by atoms with E-state index in [1.165, 1.54) is 49.0 Å². The highest BCUT2D eigenvalue weighted by Crippen LogP contribution is 2.37. The summed E-state index contributed by atoms with van der Waals surface area (Å²) in [5.74, 6) is 0.438. The molecule has 1 unspecified atom stereocenters. The van der Waals surface area contributed by atoms with E-state index in [9.17, 15) is 0 Å². The normalized spacial score (nSPS) is 19.8. The van der Waals surface area contributed by atoms with Crippen molar-refractivity contribution in [3.05, 3.63) is 70.2 Å². The average molecular weight is 405 g/mol. The lowest BCUT2D eigenvalue weighted by Gasteiger charge is -2.27. The van der Waals surface area contributed by atoms with Gasteiger partial charge < -0.3 is 17.0 Å². The highest BCUT2D eigenvalue weighted by atomic mass is 79.9. The Balaban J connectivity index is 0.00000169. The predicted molar refractivity (Wildman–Crippen MR) is 96.9 cm³/mol. The lowest BCUT2D eigenvalue weighted by molar-refractivity contribution is -0.509. The van der Waals surface area contributed by atoms with E-state index in [4.69, 9.17) is 11.6 Å². The van der Waals surface area contributed by atoms with Gasteiger partial charge in [-0.25, -0.2) is 4.58 Å². The third-order valence-electron chi connectivity index (χ3n) is 5.34. The molecule has 1 fully saturated rings. The van der Waals surface area contributed by atoms with Crippen LogP contribution in [0, 0.1) is 0 Å². The summed E-state index contributed by atoms with van der Waals surface area (Å²) in [6.45, 7) is 2.45. The van der Waals surface area contributed by atoms with Crippen molar-refractivity contribution in [2.45, 2.75) is 38.0 Å². The van der Waals surface area contributed by atoms with Crippen LogP contribution in [0.5, 0.6) is 0 Å². The van der Waals surface area contributed by atoms with Gasteiger partial charge in [0.05, 0.1) is 5.92 Å². The Kier molecular flexibility index (Phi) is 5.78. The minimum absolute atomic E-state index is 0. The zero-order valence-electron chi connectivity index (χ0n) is 13.8. The smallest absolute Gasteiger partial charge is 0.160 e. The molecule has 0 N–H and O–H groups in total. The summed E-state index contributed by atoms with van der Waals surface area (Å²) in [6.07, 6.45) is 6.04. The van der Waals surface area contributed by atoms with Gasteiger partial charge in [0.25, 0.3) is 0 Å². The fourth-order valence-corrected chi connectivity index (χ4v) is 4.57. The van der Waals surface area contributed by atoms with Gasteiger partial charge in [-0.2, -0.15) is 0 Å². The van der Waals surface area contributed by atoms with Crippen molar-refractivity contribution in [3.8, 4) is 0 Å². The second-order valence-electron chi connectivity index (χ2n) is 6.74. The average Bonchev–Trinajstić information content (AvgIpc) is 3.10. The van der Waals surface area contributed by atoms with Gasteiger partial charge >= 0.3 is 0 Å². The van der Waals surface area contributed by atoms with Gasteiger partial charge in [-0.3, -0.25) is 0 Å². The lowest BCUT2D eigenvalue weighted by atomic mass is 9.78. The first-order chi connectivity index (χ1) is 11.3. The molecule has 1 heterocycles. The number of rotatable bonds is 2. The zero-order valence-corrected chi connectivity index (χ0v) is 16.2. The summed E-state index contributed by atoms with van der Waals surface area (Å²) in [6, 6.07) is 17.3. The van der Waals surface area contributed by atoms with Crippen LogP contribution in [0.3, 0.4) is 0 Å². The highest BCUT2D eigenvalue weighted by Gasteiger charge is 2.34. The van der Waals surface area contributed by atoms with E-state index in [1.807, 2.05) is 0 Å². The summed E-state index contributed by atoms with van der Waals surface area (Å²) in [5.41, 5.74) is 5.85. The molecule has 2 aromatic rings. The number of aryl methyl sites for hydroxylation is 1. The predicted octanol–water partition coefficient (Wildman–Crippen LogP) is 1.86. The van der Waals surface area contributed by atoms with E-state index >= 15 is 0 Å². The molecule has 4 rings (SSSR count). The van der Waals surface area contributed by atoms with Gasteiger partial charge in [0.2, 0.25) is 0 Å². The molecule has 126 valence electrons. The van der Waals surface area contributed by atoms with Crippen LogP contribution >= 0.6 is 11.6 Å². The Morgan fingerprint density at radius 2 is 1.67 bits per heavy atom. The molecule has 0 saturated carbocycles. The van der Waals surface area contributed by atoms with E-state index in [0.717, 1.165) is 17.9 Å². The number of benzene rings is 2. The topological polar surface area (TPSA) is 3.01 Å². The molecule has 2 aromatic carbocycles. The minimum atomic E-state index is 0. The van der Waals surface area contributed by atoms with Crippen LogP contribution in [-0.2, 0) is 12.8 Å². The van der Waals surface area contributed by atoms with Crippen LogP contribution in [0.1, 0.15) is 41.9 Å². The van der Waals surface area contributed by atoms with Crippen LogP contribution in [0.4, 0.5) is 0 Å². The van der Waals surface area contributed by atoms with Crippen molar-refractivity contribution in [1.82, 2.24) is 0 Å². The van der Waals surface area contributed by atoms with E-state index in [-0.39, 0.29) is 17.0 Å². The maximum absolute atomic E-state index is 6.64. The molecule has 1 saturated heterocycles. The van der Waals surface area contributed by atoms with Crippen molar-refractivity contribution in [2.75, 3.05) is 13.1 Å². The van der Waals surface area contributed by atoms with Gasteiger partial charge in [-0.05, 0) is 35.6 Å². The van der Waals surface area contributed by atoms with Crippen molar-refractivity contribution in [3.63, 3.8) is 0 Å². The minimum Gasteiger partial charge on any atom is -1.00 e. The Morgan fingerprint density at radius 1 is 0.917 bits per heavy atom. The quantitative estimate of drug-likeness (QED) is 0.672. The molecule has 1 aliphatic heterocycles. The molecule has 0 aromatic heterocycles. The molecule has 1 nitrogen and oxygen atoms in total. The number of hydrogen-bond donors (Lipinski definition) is 0. The van der Waals surface area contributed by atoms with Crippen molar-refractivity contribution in [1.29, 1.82) is 0 Å². The number of hydrogen-bond acceptors (Lipinski definition) is 0. The Labute approximate surface area is 160 Å². The zero-order chi connectivity index (χ0) is 15.6. The largest absolute Gasteiger partial charge is 1.00 e. The van der Waals surface area contributed by atoms with Gasteiger partial charge in [0, 0.05) is 24.3 Å².